The number of benzene rings is 1. The largest absolute Gasteiger partial charge is 0.451 e. The minimum atomic E-state index is -4.73. The van der Waals surface area contributed by atoms with Crippen LogP contribution in [0.3, 0.4) is 0 Å². The molecule has 4 nitrogen and oxygen atoms in total. The van der Waals surface area contributed by atoms with Crippen LogP contribution in [-0.2, 0) is 6.18 Å². The fourth-order valence-electron chi connectivity index (χ4n) is 1.53. The topological polar surface area (TPSA) is 63.8 Å². The van der Waals surface area contributed by atoms with Crippen LogP contribution in [0.4, 0.5) is 34.9 Å². The molecule has 0 atom stereocenters. The van der Waals surface area contributed by atoms with Crippen molar-refractivity contribution in [3.8, 4) is 0 Å². The molecule has 2 rings (SSSR count). The summed E-state index contributed by atoms with van der Waals surface area (Å²) in [6, 6.07) is 5.28. The quantitative estimate of drug-likeness (QED) is 0.832. The van der Waals surface area contributed by atoms with Crippen molar-refractivity contribution in [1.29, 1.82) is 0 Å². The maximum Gasteiger partial charge on any atom is 0.451 e. The molecule has 20 heavy (non-hydrogen) atoms. The van der Waals surface area contributed by atoms with Crippen LogP contribution in [0.5, 0.6) is 0 Å². The van der Waals surface area contributed by atoms with Gasteiger partial charge in [0, 0.05) is 6.07 Å². The first-order chi connectivity index (χ1) is 9.25. The van der Waals surface area contributed by atoms with Gasteiger partial charge in [-0.05, 0) is 24.6 Å². The van der Waals surface area contributed by atoms with E-state index in [1.807, 2.05) is 0 Å². The zero-order chi connectivity index (χ0) is 14.9. The Morgan fingerprint density at radius 2 is 1.85 bits per heavy atom. The summed E-state index contributed by atoms with van der Waals surface area (Å²) in [6.07, 6.45) is -4.73. The minimum Gasteiger partial charge on any atom is -0.384 e. The monoisotopic (exact) mass is 286 g/mol. The highest BCUT2D eigenvalue weighted by atomic mass is 19.4. The Morgan fingerprint density at radius 1 is 1.15 bits per heavy atom. The standard InChI is InChI=1S/C12H10F4N4/c1-6-2-3-7(13)8(4-6)18-10-5-9(17)19-11(20-10)12(14,15)16/h2-5H,1H3,(H3,17,18,19,20). The van der Waals surface area contributed by atoms with Crippen LogP contribution < -0.4 is 11.1 Å². The van der Waals surface area contributed by atoms with Crippen LogP contribution in [-0.4, -0.2) is 9.97 Å². The lowest BCUT2D eigenvalue weighted by Crippen LogP contribution is -2.13. The van der Waals surface area contributed by atoms with Crippen LogP contribution in [0.1, 0.15) is 11.4 Å². The van der Waals surface area contributed by atoms with Crippen LogP contribution in [0.2, 0.25) is 0 Å². The Labute approximate surface area is 111 Å². The van der Waals surface area contributed by atoms with Crippen LogP contribution >= 0.6 is 0 Å². The minimum absolute atomic E-state index is 0.0104. The number of hydrogen-bond acceptors (Lipinski definition) is 4. The van der Waals surface area contributed by atoms with Crippen molar-refractivity contribution < 1.29 is 17.6 Å². The molecule has 0 aliphatic rings. The molecule has 8 heteroatoms. The molecule has 0 amide bonds. The molecule has 1 heterocycles. The van der Waals surface area contributed by atoms with Crippen molar-refractivity contribution in [2.75, 3.05) is 11.1 Å². The third-order valence-electron chi connectivity index (χ3n) is 2.38. The first-order valence-electron chi connectivity index (χ1n) is 5.50. The lowest BCUT2D eigenvalue weighted by molar-refractivity contribution is -0.144. The van der Waals surface area contributed by atoms with E-state index in [1.165, 1.54) is 18.2 Å². The van der Waals surface area contributed by atoms with Gasteiger partial charge in [-0.1, -0.05) is 6.07 Å². The molecular weight excluding hydrogens is 276 g/mol. The van der Waals surface area contributed by atoms with E-state index in [0.29, 0.717) is 0 Å². The number of alkyl halides is 3. The molecule has 0 saturated carbocycles. The Kier molecular flexibility index (Phi) is 3.47. The zero-order valence-electron chi connectivity index (χ0n) is 10.3. The maximum atomic E-state index is 13.5. The highest BCUT2D eigenvalue weighted by Gasteiger charge is 2.35. The van der Waals surface area contributed by atoms with E-state index in [1.54, 1.807) is 6.92 Å². The molecule has 0 unspecified atom stereocenters. The fourth-order valence-corrected chi connectivity index (χ4v) is 1.53. The third kappa shape index (κ3) is 3.14. The molecule has 3 N–H and O–H groups in total. The van der Waals surface area contributed by atoms with E-state index in [-0.39, 0.29) is 17.3 Å². The maximum absolute atomic E-state index is 13.5. The molecule has 2 aromatic rings. The highest BCUT2D eigenvalue weighted by molar-refractivity contribution is 5.60. The van der Waals surface area contributed by atoms with Crippen molar-refractivity contribution in [2.24, 2.45) is 0 Å². The van der Waals surface area contributed by atoms with Gasteiger partial charge in [0.25, 0.3) is 0 Å². The van der Waals surface area contributed by atoms with Crippen molar-refractivity contribution in [1.82, 2.24) is 9.97 Å². The highest BCUT2D eigenvalue weighted by Crippen LogP contribution is 2.29. The molecule has 1 aromatic carbocycles. The van der Waals surface area contributed by atoms with Gasteiger partial charge < -0.3 is 11.1 Å². The summed E-state index contributed by atoms with van der Waals surface area (Å²) < 4.78 is 51.2. The number of nitrogens with one attached hydrogen (secondary N) is 1. The van der Waals surface area contributed by atoms with Crippen molar-refractivity contribution in [3.05, 3.63) is 41.5 Å². The average Bonchev–Trinajstić information content (AvgIpc) is 2.32. The number of rotatable bonds is 2. The number of anilines is 3. The number of halogens is 4. The van der Waals surface area contributed by atoms with Crippen LogP contribution in [0.25, 0.3) is 0 Å². The number of aryl methyl sites for hydroxylation is 1. The molecule has 0 saturated heterocycles. The molecule has 0 aliphatic carbocycles. The van der Waals surface area contributed by atoms with E-state index in [2.05, 4.69) is 15.3 Å². The molecule has 0 radical (unpaired) electrons. The Bertz CT molecular complexity index is 640. The van der Waals surface area contributed by atoms with Crippen molar-refractivity contribution >= 4 is 17.3 Å². The van der Waals surface area contributed by atoms with E-state index >= 15 is 0 Å². The first kappa shape index (κ1) is 14.0. The summed E-state index contributed by atoms with van der Waals surface area (Å²) in [6.45, 7) is 1.72. The Morgan fingerprint density at radius 3 is 2.50 bits per heavy atom. The molecule has 0 aliphatic heterocycles. The summed E-state index contributed by atoms with van der Waals surface area (Å²) >= 11 is 0. The molecule has 1 aromatic heterocycles. The number of nitrogens with zero attached hydrogens (tertiary/aromatic N) is 2. The van der Waals surface area contributed by atoms with Gasteiger partial charge in [0.2, 0.25) is 5.82 Å². The smallest absolute Gasteiger partial charge is 0.384 e. The second-order valence-corrected chi connectivity index (χ2v) is 4.11. The van der Waals surface area contributed by atoms with Gasteiger partial charge in [0.15, 0.2) is 0 Å². The number of aromatic nitrogens is 2. The van der Waals surface area contributed by atoms with Crippen molar-refractivity contribution in [2.45, 2.75) is 13.1 Å². The normalized spacial score (nSPS) is 11.4. The van der Waals surface area contributed by atoms with E-state index in [9.17, 15) is 17.6 Å². The second-order valence-electron chi connectivity index (χ2n) is 4.11. The predicted octanol–water partition coefficient (Wildman–Crippen LogP) is 3.27. The van der Waals surface area contributed by atoms with Gasteiger partial charge in [-0.3, -0.25) is 0 Å². The summed E-state index contributed by atoms with van der Waals surface area (Å²) in [5.74, 6) is -2.58. The van der Waals surface area contributed by atoms with E-state index < -0.39 is 17.8 Å². The summed E-state index contributed by atoms with van der Waals surface area (Å²) in [5, 5.41) is 2.46. The SMILES string of the molecule is Cc1ccc(F)c(Nc2cc(N)nc(C(F)(F)F)n2)c1. The Balaban J connectivity index is 2.39. The number of nitrogen functional groups attached to an aromatic ring is 1. The average molecular weight is 286 g/mol. The van der Waals surface area contributed by atoms with Gasteiger partial charge in [0.1, 0.15) is 17.5 Å². The van der Waals surface area contributed by atoms with Gasteiger partial charge in [-0.2, -0.15) is 13.2 Å². The zero-order valence-corrected chi connectivity index (χ0v) is 10.3. The van der Waals surface area contributed by atoms with Crippen LogP contribution in [0.15, 0.2) is 24.3 Å². The summed E-state index contributed by atoms with van der Waals surface area (Å²) in [7, 11) is 0. The number of nitrogens with two attached hydrogens (primary N) is 1. The third-order valence-corrected chi connectivity index (χ3v) is 2.38. The predicted molar refractivity (Wildman–Crippen MR) is 65.9 cm³/mol. The summed E-state index contributed by atoms with van der Waals surface area (Å²) in [4.78, 5) is 6.37. The van der Waals surface area contributed by atoms with Gasteiger partial charge in [-0.25, -0.2) is 14.4 Å². The summed E-state index contributed by atoms with van der Waals surface area (Å²) in [5.41, 5.74) is 6.05. The Hall–Kier alpha value is -2.38. The second kappa shape index (κ2) is 4.95. The molecular formula is C12H10F4N4. The molecule has 106 valence electrons. The van der Waals surface area contributed by atoms with Gasteiger partial charge >= 0.3 is 6.18 Å². The van der Waals surface area contributed by atoms with Crippen molar-refractivity contribution in [3.63, 3.8) is 0 Å². The first-order valence-corrected chi connectivity index (χ1v) is 5.50. The van der Waals surface area contributed by atoms with Gasteiger partial charge in [0.05, 0.1) is 5.69 Å². The van der Waals surface area contributed by atoms with E-state index in [4.69, 9.17) is 5.73 Å². The molecule has 0 bridgehead atoms. The lowest BCUT2D eigenvalue weighted by Gasteiger charge is -2.11. The lowest BCUT2D eigenvalue weighted by atomic mass is 10.2. The molecule has 0 fully saturated rings. The number of hydrogen-bond donors (Lipinski definition) is 2. The van der Waals surface area contributed by atoms with Crippen LogP contribution in [0, 0.1) is 12.7 Å². The van der Waals surface area contributed by atoms with Gasteiger partial charge in [-0.15, -0.1) is 0 Å². The van der Waals surface area contributed by atoms with E-state index in [0.717, 1.165) is 11.6 Å². The molecule has 0 spiro atoms. The fraction of sp³-hybridized carbons (Fsp3) is 0.167.